The fourth-order valence-electron chi connectivity index (χ4n) is 1.78. The van der Waals surface area contributed by atoms with Gasteiger partial charge in [-0.15, -0.1) is 0 Å². The molecule has 2 aromatic carbocycles. The number of rotatable bonds is 4. The van der Waals surface area contributed by atoms with Crippen molar-refractivity contribution in [3.63, 3.8) is 0 Å². The predicted octanol–water partition coefficient (Wildman–Crippen LogP) is 3.57. The van der Waals surface area contributed by atoms with Crippen molar-refractivity contribution in [2.75, 3.05) is 10.6 Å². The molecule has 4 nitrogen and oxygen atoms in total. The van der Waals surface area contributed by atoms with Crippen LogP contribution in [0.4, 0.5) is 20.2 Å². The Morgan fingerprint density at radius 2 is 1.50 bits per heavy atom. The molecular weight excluding hydrogens is 290 g/mol. The van der Waals surface area contributed by atoms with Crippen LogP contribution in [0.15, 0.2) is 42.5 Å². The van der Waals surface area contributed by atoms with E-state index < -0.39 is 17.5 Å². The summed E-state index contributed by atoms with van der Waals surface area (Å²) >= 11 is 0. The minimum atomic E-state index is -0.770. The van der Waals surface area contributed by atoms with Gasteiger partial charge in [-0.25, -0.2) is 8.78 Å². The first-order chi connectivity index (χ1) is 10.5. The second-order valence-corrected chi connectivity index (χ2v) is 4.59. The zero-order valence-corrected chi connectivity index (χ0v) is 11.8. The lowest BCUT2D eigenvalue weighted by Crippen LogP contribution is -2.13. The molecule has 22 heavy (non-hydrogen) atoms. The molecule has 0 fully saturated rings. The standard InChI is InChI=1S/C16H14F2N2O2/c1-2-15(21)19-13-5-3-10(4-6-13)16(22)20-14-8-11(17)7-12(18)9-14/h3-9H,2H2,1H3,(H,19,21)(H,20,22). The summed E-state index contributed by atoms with van der Waals surface area (Å²) in [6.07, 6.45) is 0.355. The number of benzene rings is 2. The number of nitrogens with one attached hydrogen (secondary N) is 2. The molecule has 0 saturated carbocycles. The number of anilines is 2. The number of carbonyl (C=O) groups excluding carboxylic acids is 2. The molecule has 0 aliphatic rings. The average Bonchev–Trinajstić information content (AvgIpc) is 2.46. The highest BCUT2D eigenvalue weighted by Gasteiger charge is 2.08. The van der Waals surface area contributed by atoms with Gasteiger partial charge in [0.2, 0.25) is 5.91 Å². The molecule has 0 spiro atoms. The maximum atomic E-state index is 13.1. The Labute approximate surface area is 126 Å². The van der Waals surface area contributed by atoms with Crippen molar-refractivity contribution in [3.8, 4) is 0 Å². The molecule has 6 heteroatoms. The monoisotopic (exact) mass is 304 g/mol. The van der Waals surface area contributed by atoms with Gasteiger partial charge in [-0.2, -0.15) is 0 Å². The van der Waals surface area contributed by atoms with E-state index in [1.807, 2.05) is 0 Å². The van der Waals surface area contributed by atoms with Crippen molar-refractivity contribution >= 4 is 23.2 Å². The van der Waals surface area contributed by atoms with Crippen molar-refractivity contribution in [1.82, 2.24) is 0 Å². The van der Waals surface area contributed by atoms with E-state index in [9.17, 15) is 18.4 Å². The van der Waals surface area contributed by atoms with Gasteiger partial charge < -0.3 is 10.6 Å². The number of halogens is 2. The molecule has 0 aliphatic heterocycles. The van der Waals surface area contributed by atoms with Gasteiger partial charge in [-0.05, 0) is 36.4 Å². The predicted molar refractivity (Wildman–Crippen MR) is 79.7 cm³/mol. The number of carbonyl (C=O) groups is 2. The fourth-order valence-corrected chi connectivity index (χ4v) is 1.78. The highest BCUT2D eigenvalue weighted by Crippen LogP contribution is 2.15. The zero-order valence-electron chi connectivity index (χ0n) is 11.8. The molecule has 2 rings (SSSR count). The van der Waals surface area contributed by atoms with Crippen LogP contribution < -0.4 is 10.6 Å². The van der Waals surface area contributed by atoms with Gasteiger partial charge in [0.25, 0.3) is 5.91 Å². The Hall–Kier alpha value is -2.76. The molecule has 0 aromatic heterocycles. The van der Waals surface area contributed by atoms with E-state index in [1.54, 1.807) is 19.1 Å². The van der Waals surface area contributed by atoms with Gasteiger partial charge in [-0.3, -0.25) is 9.59 Å². The lowest BCUT2D eigenvalue weighted by molar-refractivity contribution is -0.115. The summed E-state index contributed by atoms with van der Waals surface area (Å²) < 4.78 is 26.1. The van der Waals surface area contributed by atoms with E-state index in [-0.39, 0.29) is 11.6 Å². The first-order valence-electron chi connectivity index (χ1n) is 6.65. The van der Waals surface area contributed by atoms with Crippen LogP contribution in [0.5, 0.6) is 0 Å². The highest BCUT2D eigenvalue weighted by molar-refractivity contribution is 6.04. The summed E-state index contributed by atoms with van der Waals surface area (Å²) in [5, 5.41) is 5.06. The van der Waals surface area contributed by atoms with Crippen molar-refractivity contribution < 1.29 is 18.4 Å². The summed E-state index contributed by atoms with van der Waals surface area (Å²) in [6.45, 7) is 1.73. The molecule has 0 bridgehead atoms. The summed E-state index contributed by atoms with van der Waals surface area (Å²) in [6, 6.07) is 8.95. The number of hydrogen-bond acceptors (Lipinski definition) is 2. The van der Waals surface area contributed by atoms with Gasteiger partial charge in [-0.1, -0.05) is 6.92 Å². The molecule has 0 aliphatic carbocycles. The van der Waals surface area contributed by atoms with E-state index in [0.29, 0.717) is 17.7 Å². The largest absolute Gasteiger partial charge is 0.326 e. The minimum Gasteiger partial charge on any atom is -0.326 e. The maximum absolute atomic E-state index is 13.1. The number of amides is 2. The maximum Gasteiger partial charge on any atom is 0.255 e. The van der Waals surface area contributed by atoms with Gasteiger partial charge >= 0.3 is 0 Å². The fraction of sp³-hybridized carbons (Fsp3) is 0.125. The van der Waals surface area contributed by atoms with Crippen LogP contribution in [0.2, 0.25) is 0 Å². The van der Waals surface area contributed by atoms with Crippen molar-refractivity contribution in [2.45, 2.75) is 13.3 Å². The van der Waals surface area contributed by atoms with Crippen LogP contribution >= 0.6 is 0 Å². The summed E-state index contributed by atoms with van der Waals surface area (Å²) in [4.78, 5) is 23.2. The molecule has 2 N–H and O–H groups in total. The SMILES string of the molecule is CCC(=O)Nc1ccc(C(=O)Nc2cc(F)cc(F)c2)cc1. The van der Waals surface area contributed by atoms with Crippen molar-refractivity contribution in [1.29, 1.82) is 0 Å². The normalized spacial score (nSPS) is 10.1. The lowest BCUT2D eigenvalue weighted by Gasteiger charge is -2.07. The van der Waals surface area contributed by atoms with E-state index in [4.69, 9.17) is 0 Å². The molecule has 0 unspecified atom stereocenters. The van der Waals surface area contributed by atoms with Crippen LogP contribution in [-0.4, -0.2) is 11.8 Å². The Morgan fingerprint density at radius 1 is 0.909 bits per heavy atom. The Kier molecular flexibility index (Phi) is 4.83. The highest BCUT2D eigenvalue weighted by atomic mass is 19.1. The van der Waals surface area contributed by atoms with Crippen LogP contribution in [0.3, 0.4) is 0 Å². The van der Waals surface area contributed by atoms with E-state index in [2.05, 4.69) is 10.6 Å². The first kappa shape index (κ1) is 15.6. The Morgan fingerprint density at radius 3 is 2.05 bits per heavy atom. The third-order valence-electron chi connectivity index (χ3n) is 2.87. The van der Waals surface area contributed by atoms with Crippen molar-refractivity contribution in [3.05, 3.63) is 59.7 Å². The number of hydrogen-bond donors (Lipinski definition) is 2. The first-order valence-corrected chi connectivity index (χ1v) is 6.65. The van der Waals surface area contributed by atoms with Crippen LogP contribution in [0.1, 0.15) is 23.7 Å². The third kappa shape index (κ3) is 4.12. The van der Waals surface area contributed by atoms with Crippen molar-refractivity contribution in [2.24, 2.45) is 0 Å². The summed E-state index contributed by atoms with van der Waals surface area (Å²) in [5.41, 5.74) is 0.908. The van der Waals surface area contributed by atoms with E-state index >= 15 is 0 Å². The van der Waals surface area contributed by atoms with Crippen LogP contribution in [0, 0.1) is 11.6 Å². The molecule has 2 aromatic rings. The molecule has 0 heterocycles. The summed E-state index contributed by atoms with van der Waals surface area (Å²) in [5.74, 6) is -2.17. The van der Waals surface area contributed by atoms with E-state index in [0.717, 1.165) is 18.2 Å². The second kappa shape index (κ2) is 6.80. The zero-order chi connectivity index (χ0) is 16.1. The van der Waals surface area contributed by atoms with Gasteiger partial charge in [0, 0.05) is 29.4 Å². The van der Waals surface area contributed by atoms with Gasteiger partial charge in [0.1, 0.15) is 11.6 Å². The quantitative estimate of drug-likeness (QED) is 0.907. The molecule has 0 saturated heterocycles. The van der Waals surface area contributed by atoms with Crippen LogP contribution in [-0.2, 0) is 4.79 Å². The summed E-state index contributed by atoms with van der Waals surface area (Å²) in [7, 11) is 0. The third-order valence-corrected chi connectivity index (χ3v) is 2.87. The Balaban J connectivity index is 2.08. The smallest absolute Gasteiger partial charge is 0.255 e. The van der Waals surface area contributed by atoms with Crippen LogP contribution in [0.25, 0.3) is 0 Å². The second-order valence-electron chi connectivity index (χ2n) is 4.59. The molecule has 0 atom stereocenters. The lowest BCUT2D eigenvalue weighted by atomic mass is 10.2. The molecule has 0 radical (unpaired) electrons. The van der Waals surface area contributed by atoms with Gasteiger partial charge in [0.05, 0.1) is 0 Å². The molecular formula is C16H14F2N2O2. The van der Waals surface area contributed by atoms with E-state index in [1.165, 1.54) is 12.1 Å². The average molecular weight is 304 g/mol. The molecule has 114 valence electrons. The minimum absolute atomic E-state index is 0.0332. The molecule has 2 amide bonds. The van der Waals surface area contributed by atoms with Gasteiger partial charge in [0.15, 0.2) is 0 Å². The topological polar surface area (TPSA) is 58.2 Å². The Bertz CT molecular complexity index is 680.